The third kappa shape index (κ3) is 3.40. The van der Waals surface area contributed by atoms with Crippen molar-refractivity contribution in [2.45, 2.75) is 25.8 Å². The van der Waals surface area contributed by atoms with Crippen LogP contribution in [0.1, 0.15) is 30.1 Å². The van der Waals surface area contributed by atoms with Gasteiger partial charge >= 0.3 is 0 Å². The van der Waals surface area contributed by atoms with E-state index in [1.54, 1.807) is 0 Å². The summed E-state index contributed by atoms with van der Waals surface area (Å²) in [5.41, 5.74) is 0.635. The van der Waals surface area contributed by atoms with Gasteiger partial charge in [-0.1, -0.05) is 47.3 Å². The number of terminal acetylenes is 1. The molecular formula is C17H16BrNO. The Labute approximate surface area is 127 Å². The Balaban J connectivity index is 2.22. The first-order chi connectivity index (χ1) is 9.63. The minimum absolute atomic E-state index is 0.119. The van der Waals surface area contributed by atoms with E-state index < -0.39 is 0 Å². The number of benzene rings is 2. The number of halogens is 1. The summed E-state index contributed by atoms with van der Waals surface area (Å²) in [6, 6.07) is 11.4. The van der Waals surface area contributed by atoms with E-state index in [2.05, 4.69) is 27.2 Å². The van der Waals surface area contributed by atoms with Gasteiger partial charge in [-0.15, -0.1) is 6.42 Å². The second kappa shape index (κ2) is 6.58. The molecule has 20 heavy (non-hydrogen) atoms. The number of nitrogens with one attached hydrogen (secondary N) is 1. The van der Waals surface area contributed by atoms with Gasteiger partial charge in [-0.2, -0.15) is 0 Å². The summed E-state index contributed by atoms with van der Waals surface area (Å²) in [4.78, 5) is 12.2. The van der Waals surface area contributed by atoms with Gasteiger partial charge in [0.15, 0.2) is 0 Å². The number of fused-ring (bicyclic) bond motifs is 1. The van der Waals surface area contributed by atoms with E-state index in [4.69, 9.17) is 6.42 Å². The number of hydrogen-bond acceptors (Lipinski definition) is 1. The molecule has 0 aliphatic rings. The predicted molar refractivity (Wildman–Crippen MR) is 86.6 cm³/mol. The van der Waals surface area contributed by atoms with Gasteiger partial charge in [0, 0.05) is 10.0 Å². The third-order valence-electron chi connectivity index (χ3n) is 3.15. The first-order valence-corrected chi connectivity index (χ1v) is 7.39. The van der Waals surface area contributed by atoms with E-state index in [9.17, 15) is 4.79 Å². The summed E-state index contributed by atoms with van der Waals surface area (Å²) in [7, 11) is 0. The molecule has 0 radical (unpaired) electrons. The number of rotatable bonds is 4. The zero-order valence-corrected chi connectivity index (χ0v) is 12.9. The predicted octanol–water partition coefficient (Wildman–Crippen LogP) is 4.13. The van der Waals surface area contributed by atoms with Crippen molar-refractivity contribution in [3.63, 3.8) is 0 Å². The molecule has 1 unspecified atom stereocenters. The molecule has 0 aromatic heterocycles. The topological polar surface area (TPSA) is 29.1 Å². The Morgan fingerprint density at radius 1 is 1.30 bits per heavy atom. The molecule has 1 N–H and O–H groups in total. The average molecular weight is 330 g/mol. The molecule has 102 valence electrons. The normalized spacial score (nSPS) is 11.8. The lowest BCUT2D eigenvalue weighted by atomic mass is 10.1. The highest BCUT2D eigenvalue weighted by molar-refractivity contribution is 9.10. The smallest absolute Gasteiger partial charge is 0.252 e. The van der Waals surface area contributed by atoms with E-state index in [0.29, 0.717) is 5.56 Å². The molecular weight excluding hydrogens is 314 g/mol. The number of hydrogen-bond donors (Lipinski definition) is 1. The molecule has 0 saturated carbocycles. The Hall–Kier alpha value is -1.79. The van der Waals surface area contributed by atoms with Crippen LogP contribution < -0.4 is 5.32 Å². The summed E-state index contributed by atoms with van der Waals surface area (Å²) in [5, 5.41) is 5.01. The van der Waals surface area contributed by atoms with Crippen molar-refractivity contribution in [2.24, 2.45) is 0 Å². The van der Waals surface area contributed by atoms with Gasteiger partial charge in [0.1, 0.15) is 0 Å². The molecule has 0 saturated heterocycles. The van der Waals surface area contributed by atoms with Gasteiger partial charge in [0.05, 0.1) is 6.04 Å². The molecule has 0 aliphatic heterocycles. The van der Waals surface area contributed by atoms with Crippen molar-refractivity contribution >= 4 is 32.6 Å². The van der Waals surface area contributed by atoms with Crippen molar-refractivity contribution in [3.05, 3.63) is 46.4 Å². The maximum atomic E-state index is 12.2. The third-order valence-corrected chi connectivity index (χ3v) is 3.64. The minimum Gasteiger partial charge on any atom is -0.338 e. The van der Waals surface area contributed by atoms with Crippen molar-refractivity contribution in [1.82, 2.24) is 5.32 Å². The van der Waals surface area contributed by atoms with E-state index >= 15 is 0 Å². The lowest BCUT2D eigenvalue weighted by Gasteiger charge is -2.12. The molecule has 2 rings (SSSR count). The van der Waals surface area contributed by atoms with Crippen LogP contribution >= 0.6 is 15.9 Å². The van der Waals surface area contributed by atoms with Crippen molar-refractivity contribution in [1.29, 1.82) is 0 Å². The van der Waals surface area contributed by atoms with Crippen LogP contribution in [0.2, 0.25) is 0 Å². The molecule has 0 aliphatic carbocycles. The molecule has 2 aromatic carbocycles. The van der Waals surface area contributed by atoms with Gasteiger partial charge in [-0.05, 0) is 41.5 Å². The zero-order chi connectivity index (χ0) is 14.5. The van der Waals surface area contributed by atoms with Crippen LogP contribution in [0.3, 0.4) is 0 Å². The largest absolute Gasteiger partial charge is 0.338 e. The number of amides is 1. The van der Waals surface area contributed by atoms with Crippen LogP contribution in [0.4, 0.5) is 0 Å². The van der Waals surface area contributed by atoms with Gasteiger partial charge in [-0.25, -0.2) is 0 Å². The van der Waals surface area contributed by atoms with Crippen molar-refractivity contribution in [2.75, 3.05) is 0 Å². The zero-order valence-electron chi connectivity index (χ0n) is 11.3. The van der Waals surface area contributed by atoms with Gasteiger partial charge < -0.3 is 5.32 Å². The second-order valence-corrected chi connectivity index (χ2v) is 5.60. The van der Waals surface area contributed by atoms with Crippen LogP contribution in [-0.4, -0.2) is 11.9 Å². The Bertz CT molecular complexity index is 672. The van der Waals surface area contributed by atoms with Crippen LogP contribution in [0.15, 0.2) is 40.9 Å². The van der Waals surface area contributed by atoms with Gasteiger partial charge in [0.25, 0.3) is 5.91 Å². The fourth-order valence-corrected chi connectivity index (χ4v) is 2.46. The SMILES string of the molecule is C#CC(CCC)NC(=O)c1ccc2cc(Br)ccc2c1. The highest BCUT2D eigenvalue weighted by Crippen LogP contribution is 2.21. The van der Waals surface area contributed by atoms with Crippen molar-refractivity contribution < 1.29 is 4.79 Å². The van der Waals surface area contributed by atoms with Crippen LogP contribution in [0, 0.1) is 12.3 Å². The molecule has 1 atom stereocenters. The minimum atomic E-state index is -0.201. The molecule has 3 heteroatoms. The van der Waals surface area contributed by atoms with Crippen molar-refractivity contribution in [3.8, 4) is 12.3 Å². The number of carbonyl (C=O) groups excluding carboxylic acids is 1. The number of carbonyl (C=O) groups is 1. The van der Waals surface area contributed by atoms with Gasteiger partial charge in [0.2, 0.25) is 0 Å². The highest BCUT2D eigenvalue weighted by Gasteiger charge is 2.11. The fourth-order valence-electron chi connectivity index (χ4n) is 2.09. The maximum absolute atomic E-state index is 12.2. The molecule has 2 nitrogen and oxygen atoms in total. The summed E-state index contributed by atoms with van der Waals surface area (Å²) in [6.45, 7) is 2.05. The molecule has 0 heterocycles. The van der Waals surface area contributed by atoms with Gasteiger partial charge in [-0.3, -0.25) is 4.79 Å². The first-order valence-electron chi connectivity index (χ1n) is 6.60. The Morgan fingerprint density at radius 2 is 2.00 bits per heavy atom. The molecule has 0 bridgehead atoms. The van der Waals surface area contributed by atoms with E-state index in [-0.39, 0.29) is 11.9 Å². The van der Waals surface area contributed by atoms with E-state index in [1.807, 2.05) is 43.3 Å². The molecule has 2 aromatic rings. The summed E-state index contributed by atoms with van der Waals surface area (Å²) >= 11 is 3.44. The molecule has 0 spiro atoms. The lowest BCUT2D eigenvalue weighted by Crippen LogP contribution is -2.33. The standard InChI is InChI=1S/C17H16BrNO/c1-3-5-16(4-2)19-17(20)14-7-6-13-11-15(18)9-8-12(13)10-14/h2,6-11,16H,3,5H2,1H3,(H,19,20). The van der Waals surface area contributed by atoms with Crippen LogP contribution in [-0.2, 0) is 0 Å². The van der Waals surface area contributed by atoms with E-state index in [1.165, 1.54) is 0 Å². The highest BCUT2D eigenvalue weighted by atomic mass is 79.9. The quantitative estimate of drug-likeness (QED) is 0.839. The summed E-state index contributed by atoms with van der Waals surface area (Å²) in [5.74, 6) is 2.49. The average Bonchev–Trinajstić information content (AvgIpc) is 2.46. The second-order valence-electron chi connectivity index (χ2n) is 4.69. The van der Waals surface area contributed by atoms with Crippen LogP contribution in [0.5, 0.6) is 0 Å². The lowest BCUT2D eigenvalue weighted by molar-refractivity contribution is 0.0944. The van der Waals surface area contributed by atoms with Crippen LogP contribution in [0.25, 0.3) is 10.8 Å². The monoisotopic (exact) mass is 329 g/mol. The Kier molecular flexibility index (Phi) is 4.81. The Morgan fingerprint density at radius 3 is 2.70 bits per heavy atom. The van der Waals surface area contributed by atoms with E-state index in [0.717, 1.165) is 28.1 Å². The fraction of sp³-hybridized carbons (Fsp3) is 0.235. The molecule has 0 fully saturated rings. The molecule has 1 amide bonds. The first kappa shape index (κ1) is 14.6. The summed E-state index contributed by atoms with van der Waals surface area (Å²) in [6.07, 6.45) is 7.16. The summed E-state index contributed by atoms with van der Waals surface area (Å²) < 4.78 is 1.03. The maximum Gasteiger partial charge on any atom is 0.252 e.